The topological polar surface area (TPSA) is 55.4 Å². The molecule has 0 radical (unpaired) electrons. The van der Waals surface area contributed by atoms with Crippen LogP contribution in [0.4, 0.5) is 5.69 Å². The van der Waals surface area contributed by atoms with Crippen LogP contribution in [0.1, 0.15) is 13.3 Å². The fourth-order valence-electron chi connectivity index (χ4n) is 1.38. The fraction of sp³-hybridized carbons (Fsp3) is 0.500. The number of sulfone groups is 1. The molecule has 0 aromatic heterocycles. The smallest absolute Gasteiger partial charge is 0.166 e. The minimum atomic E-state index is -3.16. The number of anilines is 1. The number of methoxy groups -OCH3 is 1. The molecule has 0 spiro atoms. The predicted octanol–water partition coefficient (Wildman–Crippen LogP) is 2.50. The Hall–Kier alpha value is -0.940. The average Bonchev–Trinajstić information content (AvgIpc) is 2.35. The minimum absolute atomic E-state index is 0.0980. The van der Waals surface area contributed by atoms with E-state index in [2.05, 4.69) is 5.32 Å². The first kappa shape index (κ1) is 15.1. The molecule has 6 heteroatoms. The van der Waals surface area contributed by atoms with Crippen LogP contribution in [0.3, 0.4) is 0 Å². The van der Waals surface area contributed by atoms with Gasteiger partial charge in [0.05, 0.1) is 12.9 Å². The van der Waals surface area contributed by atoms with Gasteiger partial charge in [-0.3, -0.25) is 0 Å². The standard InChI is InChI=1S/C12H18ClNO3S/c1-10(13)18(15,16)9-3-8-14-11-4-6-12(17-2)7-5-11/h4-7,10,14H,3,8-9H2,1-2H3. The van der Waals surface area contributed by atoms with Crippen molar-refractivity contribution in [3.05, 3.63) is 24.3 Å². The van der Waals surface area contributed by atoms with Gasteiger partial charge in [0.25, 0.3) is 0 Å². The number of hydrogen-bond donors (Lipinski definition) is 1. The molecule has 1 atom stereocenters. The summed E-state index contributed by atoms with van der Waals surface area (Å²) in [7, 11) is -1.55. The third-order valence-corrected chi connectivity index (χ3v) is 5.18. The molecule has 0 amide bonds. The first-order valence-corrected chi connectivity index (χ1v) is 7.84. The Balaban J connectivity index is 2.34. The van der Waals surface area contributed by atoms with E-state index in [4.69, 9.17) is 16.3 Å². The van der Waals surface area contributed by atoms with Crippen molar-refractivity contribution in [3.63, 3.8) is 0 Å². The predicted molar refractivity (Wildman–Crippen MR) is 75.2 cm³/mol. The first-order chi connectivity index (χ1) is 8.45. The van der Waals surface area contributed by atoms with Crippen molar-refractivity contribution in [1.82, 2.24) is 0 Å². The Labute approximate surface area is 113 Å². The number of nitrogens with one attached hydrogen (secondary N) is 1. The lowest BCUT2D eigenvalue weighted by Gasteiger charge is -2.08. The quantitative estimate of drug-likeness (QED) is 0.619. The third kappa shape index (κ3) is 4.74. The van der Waals surface area contributed by atoms with Gasteiger partial charge in [-0.05, 0) is 37.6 Å². The lowest BCUT2D eigenvalue weighted by molar-refractivity contribution is 0.415. The maximum atomic E-state index is 11.4. The van der Waals surface area contributed by atoms with E-state index < -0.39 is 14.5 Å². The van der Waals surface area contributed by atoms with Gasteiger partial charge in [-0.2, -0.15) is 0 Å². The van der Waals surface area contributed by atoms with Gasteiger partial charge in [-0.15, -0.1) is 11.6 Å². The van der Waals surface area contributed by atoms with Crippen LogP contribution in [0.25, 0.3) is 0 Å². The number of ether oxygens (including phenoxy) is 1. The highest BCUT2D eigenvalue weighted by Gasteiger charge is 2.16. The molecule has 0 aliphatic heterocycles. The molecular formula is C12H18ClNO3S. The van der Waals surface area contributed by atoms with Crippen LogP contribution in [0.15, 0.2) is 24.3 Å². The molecule has 1 rings (SSSR count). The zero-order valence-electron chi connectivity index (χ0n) is 10.5. The Kier molecular flexibility index (Phi) is 5.75. The maximum absolute atomic E-state index is 11.4. The van der Waals surface area contributed by atoms with Crippen LogP contribution in [-0.2, 0) is 9.84 Å². The first-order valence-electron chi connectivity index (χ1n) is 5.69. The third-order valence-electron chi connectivity index (χ3n) is 2.52. The summed E-state index contributed by atoms with van der Waals surface area (Å²) in [6.45, 7) is 2.07. The van der Waals surface area contributed by atoms with Crippen molar-refractivity contribution in [2.75, 3.05) is 24.7 Å². The molecule has 0 heterocycles. The molecule has 4 nitrogen and oxygen atoms in total. The fourth-order valence-corrected chi connectivity index (χ4v) is 2.52. The molecule has 1 N–H and O–H groups in total. The van der Waals surface area contributed by atoms with E-state index in [9.17, 15) is 8.42 Å². The van der Waals surface area contributed by atoms with Crippen LogP contribution >= 0.6 is 11.6 Å². The normalized spacial score (nSPS) is 13.1. The zero-order valence-corrected chi connectivity index (χ0v) is 12.1. The second-order valence-electron chi connectivity index (χ2n) is 3.92. The van der Waals surface area contributed by atoms with Gasteiger partial charge in [0, 0.05) is 12.2 Å². The molecule has 102 valence electrons. The molecule has 0 aliphatic rings. The average molecular weight is 292 g/mol. The molecule has 0 saturated heterocycles. The van der Waals surface area contributed by atoms with E-state index in [0.717, 1.165) is 11.4 Å². The minimum Gasteiger partial charge on any atom is -0.497 e. The SMILES string of the molecule is COc1ccc(NCCCS(=O)(=O)C(C)Cl)cc1. The van der Waals surface area contributed by atoms with Crippen molar-refractivity contribution in [2.24, 2.45) is 0 Å². The van der Waals surface area contributed by atoms with Crippen molar-refractivity contribution in [2.45, 2.75) is 18.1 Å². The summed E-state index contributed by atoms with van der Waals surface area (Å²) in [5.74, 6) is 0.889. The zero-order chi connectivity index (χ0) is 13.6. The van der Waals surface area contributed by atoms with Gasteiger partial charge in [0.1, 0.15) is 10.5 Å². The number of halogens is 1. The van der Waals surface area contributed by atoms with Gasteiger partial charge in [0.2, 0.25) is 0 Å². The van der Waals surface area contributed by atoms with Gasteiger partial charge in [0.15, 0.2) is 9.84 Å². The Morgan fingerprint density at radius 3 is 2.44 bits per heavy atom. The molecule has 0 saturated carbocycles. The summed E-state index contributed by atoms with van der Waals surface area (Å²) in [6, 6.07) is 7.47. The number of alkyl halides is 1. The lowest BCUT2D eigenvalue weighted by Crippen LogP contribution is -2.17. The molecule has 0 bridgehead atoms. The van der Waals surface area contributed by atoms with E-state index in [-0.39, 0.29) is 5.75 Å². The summed E-state index contributed by atoms with van der Waals surface area (Å²) < 4.78 is 27.1. The Morgan fingerprint density at radius 1 is 1.33 bits per heavy atom. The Morgan fingerprint density at radius 2 is 1.94 bits per heavy atom. The van der Waals surface area contributed by atoms with Crippen LogP contribution in [0, 0.1) is 0 Å². The van der Waals surface area contributed by atoms with Crippen molar-refractivity contribution in [3.8, 4) is 5.75 Å². The molecule has 18 heavy (non-hydrogen) atoms. The highest BCUT2D eigenvalue weighted by Crippen LogP contribution is 2.15. The Bertz CT molecular complexity index is 457. The van der Waals surface area contributed by atoms with Gasteiger partial charge < -0.3 is 10.1 Å². The molecular weight excluding hydrogens is 274 g/mol. The molecule has 0 fully saturated rings. The van der Waals surface area contributed by atoms with Crippen molar-refractivity contribution < 1.29 is 13.2 Å². The van der Waals surface area contributed by atoms with Gasteiger partial charge in [-0.25, -0.2) is 8.42 Å². The summed E-state index contributed by atoms with van der Waals surface area (Å²) >= 11 is 5.58. The summed E-state index contributed by atoms with van der Waals surface area (Å²) in [4.78, 5) is 0. The van der Waals surface area contributed by atoms with E-state index in [1.807, 2.05) is 24.3 Å². The summed E-state index contributed by atoms with van der Waals surface area (Å²) in [6.07, 6.45) is 0.533. The van der Waals surface area contributed by atoms with Gasteiger partial charge >= 0.3 is 0 Å². The molecule has 1 aromatic rings. The van der Waals surface area contributed by atoms with E-state index in [1.165, 1.54) is 6.92 Å². The van der Waals surface area contributed by atoms with Crippen molar-refractivity contribution >= 4 is 27.1 Å². The lowest BCUT2D eigenvalue weighted by atomic mass is 10.3. The van der Waals surface area contributed by atoms with Crippen LogP contribution in [0.5, 0.6) is 5.75 Å². The van der Waals surface area contributed by atoms with E-state index >= 15 is 0 Å². The van der Waals surface area contributed by atoms with Crippen molar-refractivity contribution in [1.29, 1.82) is 0 Å². The molecule has 0 aliphatic carbocycles. The highest BCUT2D eigenvalue weighted by molar-refractivity contribution is 7.93. The second-order valence-corrected chi connectivity index (χ2v) is 7.27. The molecule has 1 unspecified atom stereocenters. The number of hydrogen-bond acceptors (Lipinski definition) is 4. The van der Waals surface area contributed by atoms with Gasteiger partial charge in [-0.1, -0.05) is 0 Å². The van der Waals surface area contributed by atoms with E-state index in [0.29, 0.717) is 13.0 Å². The monoisotopic (exact) mass is 291 g/mol. The largest absolute Gasteiger partial charge is 0.497 e. The number of rotatable bonds is 7. The number of benzene rings is 1. The molecule has 1 aromatic carbocycles. The summed E-state index contributed by atoms with van der Waals surface area (Å²) in [5, 5.41) is 3.14. The van der Waals surface area contributed by atoms with Crippen LogP contribution in [-0.4, -0.2) is 32.5 Å². The maximum Gasteiger partial charge on any atom is 0.166 e. The van der Waals surface area contributed by atoms with E-state index in [1.54, 1.807) is 7.11 Å². The van der Waals surface area contributed by atoms with Crippen LogP contribution in [0.2, 0.25) is 0 Å². The summed E-state index contributed by atoms with van der Waals surface area (Å²) in [5.41, 5.74) is 0.937. The highest BCUT2D eigenvalue weighted by atomic mass is 35.5. The van der Waals surface area contributed by atoms with Crippen LogP contribution < -0.4 is 10.1 Å². The second kappa shape index (κ2) is 6.85.